The van der Waals surface area contributed by atoms with E-state index in [4.69, 9.17) is 0 Å². The second kappa shape index (κ2) is 7.73. The average molecular weight is 333 g/mol. The zero-order chi connectivity index (χ0) is 14.4. The van der Waals surface area contributed by atoms with Crippen molar-refractivity contribution in [3.63, 3.8) is 0 Å². The summed E-state index contributed by atoms with van der Waals surface area (Å²) in [6.07, 6.45) is 0. The molecule has 1 N–H and O–H groups in total. The molecule has 0 amide bonds. The molecule has 0 aliphatic rings. The Morgan fingerprint density at radius 3 is 1.44 bits per heavy atom. The van der Waals surface area contributed by atoms with Gasteiger partial charge in [0.15, 0.2) is 0 Å². The predicted molar refractivity (Wildman–Crippen MR) is 85.8 cm³/mol. The molecular formula is C14H32GeO2Si. The van der Waals surface area contributed by atoms with E-state index in [1.165, 1.54) is 15.8 Å². The Hall–Kier alpha value is 0.230. The average Bonchev–Trinajstić information content (AvgIpc) is 2.40. The quantitative estimate of drug-likeness (QED) is 0.603. The van der Waals surface area contributed by atoms with Crippen LogP contribution in [-0.4, -0.2) is 32.4 Å². The van der Waals surface area contributed by atoms with Crippen LogP contribution in [0.4, 0.5) is 0 Å². The van der Waals surface area contributed by atoms with E-state index in [0.29, 0.717) is 0 Å². The molecule has 1 atom stereocenters. The summed E-state index contributed by atoms with van der Waals surface area (Å²) in [6, 6.07) is 3.43. The van der Waals surface area contributed by atoms with Crippen molar-refractivity contribution in [2.45, 2.75) is 79.8 Å². The van der Waals surface area contributed by atoms with Crippen molar-refractivity contribution >= 4 is 27.3 Å². The maximum absolute atomic E-state index is 12.0. The normalized spacial score (nSPS) is 14.6. The topological polar surface area (TPSA) is 37.3 Å². The maximum atomic E-state index is 12.0. The van der Waals surface area contributed by atoms with Crippen LogP contribution >= 0.6 is 0 Å². The second-order valence-electron chi connectivity index (χ2n) is 5.62. The minimum absolute atomic E-state index is 0.109. The van der Waals surface area contributed by atoms with Gasteiger partial charge in [0.25, 0.3) is 0 Å². The summed E-state index contributed by atoms with van der Waals surface area (Å²) in [6.45, 7) is 13.5. The van der Waals surface area contributed by atoms with Gasteiger partial charge in [-0.2, -0.15) is 0 Å². The first-order valence-electron chi connectivity index (χ1n) is 7.66. The van der Waals surface area contributed by atoms with Crippen molar-refractivity contribution < 1.29 is 9.90 Å². The van der Waals surface area contributed by atoms with E-state index in [0.717, 1.165) is 18.1 Å². The first-order chi connectivity index (χ1) is 8.43. The van der Waals surface area contributed by atoms with Gasteiger partial charge in [0.2, 0.25) is 0 Å². The third-order valence-corrected chi connectivity index (χ3v) is 30.4. The van der Waals surface area contributed by atoms with Crippen LogP contribution in [0.3, 0.4) is 0 Å². The third kappa shape index (κ3) is 3.21. The molecule has 0 aromatic carbocycles. The van der Waals surface area contributed by atoms with Gasteiger partial charge in [0.05, 0.1) is 0 Å². The number of carboxylic acid groups (broad SMARTS) is 1. The molecular weight excluding hydrogens is 301 g/mol. The zero-order valence-electron chi connectivity index (χ0n) is 13.2. The molecule has 0 saturated carbocycles. The number of rotatable bonds is 9. The number of hydrogen-bond donors (Lipinski definition) is 1. The van der Waals surface area contributed by atoms with Gasteiger partial charge in [-0.15, -0.1) is 0 Å². The van der Waals surface area contributed by atoms with Gasteiger partial charge in [-0.3, -0.25) is 0 Å². The van der Waals surface area contributed by atoms with E-state index < -0.39 is 27.3 Å². The van der Waals surface area contributed by atoms with Crippen molar-refractivity contribution in [3.05, 3.63) is 0 Å². The number of carbonyl (C=O) groups is 1. The molecule has 0 radical (unpaired) electrons. The van der Waals surface area contributed by atoms with Crippen LogP contribution in [0, 0.1) is 0 Å². The van der Waals surface area contributed by atoms with Crippen molar-refractivity contribution in [2.24, 2.45) is 0 Å². The number of hydrogen-bond acceptors (Lipinski definition) is 1. The molecule has 1 unspecified atom stereocenters. The van der Waals surface area contributed by atoms with E-state index in [9.17, 15) is 9.90 Å². The first kappa shape index (κ1) is 18.2. The molecule has 4 heteroatoms. The van der Waals surface area contributed by atoms with Gasteiger partial charge in [-0.25, -0.2) is 0 Å². The van der Waals surface area contributed by atoms with E-state index >= 15 is 0 Å². The molecule has 0 spiro atoms. The SMILES string of the molecule is CC[Si](CC)(CC)[CH](C(=O)O)[Ge]([CH2]C)([CH2]C)[CH2]C. The molecule has 18 heavy (non-hydrogen) atoms. The third-order valence-electron chi connectivity index (χ3n) is 5.70. The van der Waals surface area contributed by atoms with Crippen LogP contribution in [-0.2, 0) is 4.79 Å². The zero-order valence-corrected chi connectivity index (χ0v) is 16.3. The fourth-order valence-electron chi connectivity index (χ4n) is 3.90. The summed E-state index contributed by atoms with van der Waals surface area (Å²) >= 11 is -2.23. The van der Waals surface area contributed by atoms with Crippen molar-refractivity contribution in [1.82, 2.24) is 0 Å². The molecule has 0 aromatic rings. The van der Waals surface area contributed by atoms with E-state index in [1.807, 2.05) is 0 Å². The van der Waals surface area contributed by atoms with Crippen LogP contribution < -0.4 is 0 Å². The number of carboxylic acids is 1. The fourth-order valence-corrected chi connectivity index (χ4v) is 30.5. The fraction of sp³-hybridized carbons (Fsp3) is 0.929. The summed E-state index contributed by atoms with van der Waals surface area (Å²) in [7, 11) is -1.62. The molecule has 0 fully saturated rings. The molecule has 0 bridgehead atoms. The summed E-state index contributed by atoms with van der Waals surface area (Å²) in [4.78, 5) is 12.0. The summed E-state index contributed by atoms with van der Waals surface area (Å²) in [5.74, 6) is -0.447. The van der Waals surface area contributed by atoms with Crippen LogP contribution in [0.1, 0.15) is 41.5 Å². The minimum atomic E-state index is -2.23. The Bertz CT molecular complexity index is 224. The molecule has 0 aromatic heterocycles. The van der Waals surface area contributed by atoms with Gasteiger partial charge in [-0.05, 0) is 0 Å². The van der Waals surface area contributed by atoms with E-state index in [-0.39, 0.29) is 4.37 Å². The van der Waals surface area contributed by atoms with Crippen molar-refractivity contribution in [2.75, 3.05) is 0 Å². The monoisotopic (exact) mass is 334 g/mol. The Morgan fingerprint density at radius 1 is 0.944 bits per heavy atom. The van der Waals surface area contributed by atoms with Crippen molar-refractivity contribution in [1.29, 1.82) is 0 Å². The van der Waals surface area contributed by atoms with Crippen LogP contribution in [0.5, 0.6) is 0 Å². The van der Waals surface area contributed by atoms with Gasteiger partial charge in [0.1, 0.15) is 0 Å². The summed E-state index contributed by atoms with van der Waals surface area (Å²) in [5, 5.41) is 13.5. The Kier molecular flexibility index (Phi) is 7.83. The molecule has 0 heterocycles. The van der Waals surface area contributed by atoms with E-state index in [1.54, 1.807) is 0 Å². The van der Waals surface area contributed by atoms with Gasteiger partial charge < -0.3 is 0 Å². The second-order valence-corrected chi connectivity index (χ2v) is 23.6. The Labute approximate surface area is 117 Å². The molecule has 0 aliphatic carbocycles. The Morgan fingerprint density at radius 2 is 1.28 bits per heavy atom. The van der Waals surface area contributed by atoms with Crippen LogP contribution in [0.2, 0.25) is 38.3 Å². The summed E-state index contributed by atoms with van der Waals surface area (Å²) < 4.78 is 0.109. The van der Waals surface area contributed by atoms with Crippen LogP contribution in [0.15, 0.2) is 0 Å². The van der Waals surface area contributed by atoms with E-state index in [2.05, 4.69) is 41.5 Å². The van der Waals surface area contributed by atoms with Crippen LogP contribution in [0.25, 0.3) is 0 Å². The molecule has 108 valence electrons. The van der Waals surface area contributed by atoms with Crippen molar-refractivity contribution in [3.8, 4) is 0 Å². The van der Waals surface area contributed by atoms with Gasteiger partial charge in [0, 0.05) is 0 Å². The molecule has 2 nitrogen and oxygen atoms in total. The van der Waals surface area contributed by atoms with Gasteiger partial charge >= 0.3 is 117 Å². The molecule has 0 saturated heterocycles. The summed E-state index contributed by atoms with van der Waals surface area (Å²) in [5.41, 5.74) is 0. The first-order valence-corrected chi connectivity index (χ1v) is 16.0. The molecule has 0 aliphatic heterocycles. The van der Waals surface area contributed by atoms with Gasteiger partial charge in [-0.1, -0.05) is 0 Å². The molecule has 0 rings (SSSR count). The number of aliphatic carboxylic acids is 1. The Balaban J connectivity index is 5.73. The predicted octanol–water partition coefficient (Wildman–Crippen LogP) is 5.00. The standard InChI is InChI=1S/C14H32GeO2Si/c1-7-15(8-2,9-3)13(14(16)17)18(10-4,11-5)12-6/h13H,7-12H2,1-6H3,(H,16,17).